The number of unbranched alkanes of at least 4 members (excludes halogenated alkanes) is 21. The van der Waals surface area contributed by atoms with E-state index < -0.39 is 63.1 Å². The fourth-order valence-electron chi connectivity index (χ4n) is 7.85. The third-order valence-corrected chi connectivity index (χ3v) is 13.0. The van der Waals surface area contributed by atoms with Crippen LogP contribution in [0.5, 0.6) is 0 Å². The van der Waals surface area contributed by atoms with E-state index in [1.165, 1.54) is 89.9 Å². The van der Waals surface area contributed by atoms with Crippen LogP contribution < -0.4 is 0 Å². The second kappa shape index (κ2) is 44.7. The minimum Gasteiger partial charge on any atom is -0.457 e. The van der Waals surface area contributed by atoms with Crippen molar-refractivity contribution in [1.29, 1.82) is 0 Å². The molecule has 1 rings (SSSR count). The molecule has 1 fully saturated rings. The zero-order chi connectivity index (χ0) is 49.8. The first-order valence-corrected chi connectivity index (χ1v) is 28.3. The normalized spacial score (nSPS) is 21.7. The van der Waals surface area contributed by atoms with Crippen molar-refractivity contribution >= 4 is 13.8 Å². The number of hydrogen-bond acceptors (Lipinski definition) is 11. The van der Waals surface area contributed by atoms with Gasteiger partial charge in [0, 0.05) is 13.0 Å². The Labute approximate surface area is 412 Å². The maximum Gasteiger partial charge on any atom is 0.472 e. The van der Waals surface area contributed by atoms with Gasteiger partial charge in [0.2, 0.25) is 0 Å². The highest BCUT2D eigenvalue weighted by atomic mass is 31.2. The lowest BCUT2D eigenvalue weighted by Crippen LogP contribution is -2.64. The number of esters is 1. The van der Waals surface area contributed by atoms with Gasteiger partial charge in [-0.15, -0.1) is 0 Å². The average Bonchev–Trinajstić information content (AvgIpc) is 3.32. The summed E-state index contributed by atoms with van der Waals surface area (Å²) in [5.74, 6) is -0.485. The van der Waals surface area contributed by atoms with E-state index in [9.17, 15) is 39.8 Å². The zero-order valence-electron chi connectivity index (χ0n) is 42.4. The number of carbonyl (C=O) groups excluding carboxylic acids is 1. The van der Waals surface area contributed by atoms with Crippen molar-refractivity contribution in [2.24, 2.45) is 0 Å². The minimum atomic E-state index is -5.03. The van der Waals surface area contributed by atoms with Crippen LogP contribution in [0.25, 0.3) is 0 Å². The largest absolute Gasteiger partial charge is 0.472 e. The Bertz CT molecular complexity index is 1400. The second-order valence-corrected chi connectivity index (χ2v) is 19.7. The molecule has 0 aromatic heterocycles. The standard InChI is InChI=1S/C55H97O12P/c1-3-5-7-9-11-13-15-17-19-21-23-24-25-26-27-28-30-32-34-36-38-40-42-44-49(56)66-48(47-65-68(62,63)67-55-53(60)51(58)50(57)52(59)54(55)61)46-64-45-43-41-39-37-35-33-31-29-22-20-18-16-14-12-10-8-6-4-2/h5,7,11-14,17-20,23-24,48,50-55,57-61H,3-4,6,8-10,15-16,21-22,25-47H2,1-2H3,(H,62,63)/b7-5-,13-11-,14-12-,19-17-,20-18-,24-23-. The maximum atomic E-state index is 12.9. The van der Waals surface area contributed by atoms with Gasteiger partial charge < -0.3 is 39.9 Å². The van der Waals surface area contributed by atoms with Gasteiger partial charge in [-0.1, -0.05) is 189 Å². The van der Waals surface area contributed by atoms with E-state index in [4.69, 9.17) is 18.5 Å². The minimum absolute atomic E-state index is 0.0852. The number of phosphoric ester groups is 1. The van der Waals surface area contributed by atoms with Crippen molar-refractivity contribution in [2.75, 3.05) is 19.8 Å². The smallest absolute Gasteiger partial charge is 0.457 e. The molecule has 0 aromatic rings. The SMILES string of the molecule is CC/C=C\C/C=C\C/C=C\C/C=C\CCCCCCCCCCCCC(=O)OC(COCCCCCCCCCC/C=C\C/C=C\CCCCC)COP(=O)(O)OC1C(O)C(O)C(O)C(O)C1O. The van der Waals surface area contributed by atoms with Crippen molar-refractivity contribution in [3.63, 3.8) is 0 Å². The molecule has 1 aliphatic carbocycles. The van der Waals surface area contributed by atoms with Gasteiger partial charge in [-0.05, 0) is 83.5 Å². The molecule has 6 unspecified atom stereocenters. The van der Waals surface area contributed by atoms with Crippen molar-refractivity contribution in [3.8, 4) is 0 Å². The summed E-state index contributed by atoms with van der Waals surface area (Å²) in [5, 5.41) is 50.4. The summed E-state index contributed by atoms with van der Waals surface area (Å²) in [7, 11) is -5.03. The lowest BCUT2D eigenvalue weighted by atomic mass is 9.85. The number of phosphoric acid groups is 1. The Morgan fingerprint density at radius 1 is 0.485 bits per heavy atom. The van der Waals surface area contributed by atoms with E-state index in [0.29, 0.717) is 13.0 Å². The number of aliphatic hydroxyl groups excluding tert-OH is 5. The lowest BCUT2D eigenvalue weighted by Gasteiger charge is -2.41. The van der Waals surface area contributed by atoms with E-state index in [2.05, 4.69) is 86.8 Å². The maximum absolute atomic E-state index is 12.9. The van der Waals surface area contributed by atoms with Crippen LogP contribution in [-0.2, 0) is 27.9 Å². The molecular formula is C55H97O12P. The molecule has 13 heteroatoms. The quantitative estimate of drug-likeness (QED) is 0.0147. The molecule has 0 saturated heterocycles. The highest BCUT2D eigenvalue weighted by Crippen LogP contribution is 2.47. The third-order valence-electron chi connectivity index (χ3n) is 12.1. The first kappa shape index (κ1) is 63.8. The van der Waals surface area contributed by atoms with Crippen LogP contribution in [0.4, 0.5) is 0 Å². The van der Waals surface area contributed by atoms with Crippen molar-refractivity contribution in [1.82, 2.24) is 0 Å². The van der Waals surface area contributed by atoms with Crippen LogP contribution in [0.3, 0.4) is 0 Å². The van der Waals surface area contributed by atoms with E-state index in [0.717, 1.165) is 89.9 Å². The van der Waals surface area contributed by atoms with Gasteiger partial charge in [-0.3, -0.25) is 13.8 Å². The van der Waals surface area contributed by atoms with E-state index >= 15 is 0 Å². The molecule has 0 amide bonds. The summed E-state index contributed by atoms with van der Waals surface area (Å²) >= 11 is 0. The molecule has 0 heterocycles. The molecule has 1 saturated carbocycles. The molecular weight excluding hydrogens is 884 g/mol. The second-order valence-electron chi connectivity index (χ2n) is 18.3. The van der Waals surface area contributed by atoms with Gasteiger partial charge in [0.1, 0.15) is 42.7 Å². The molecule has 0 bridgehead atoms. The van der Waals surface area contributed by atoms with Crippen LogP contribution in [-0.4, -0.2) is 98.9 Å². The van der Waals surface area contributed by atoms with Gasteiger partial charge in [0.15, 0.2) is 0 Å². The van der Waals surface area contributed by atoms with Crippen LogP contribution in [0.1, 0.15) is 206 Å². The van der Waals surface area contributed by atoms with E-state index in [1.54, 1.807) is 0 Å². The number of ether oxygens (including phenoxy) is 2. The molecule has 68 heavy (non-hydrogen) atoms. The van der Waals surface area contributed by atoms with Crippen molar-refractivity contribution in [2.45, 2.75) is 249 Å². The third kappa shape index (κ3) is 35.8. The predicted molar refractivity (Wildman–Crippen MR) is 276 cm³/mol. The highest BCUT2D eigenvalue weighted by molar-refractivity contribution is 7.47. The number of carbonyl (C=O) groups is 1. The predicted octanol–water partition coefficient (Wildman–Crippen LogP) is 12.3. The first-order valence-electron chi connectivity index (χ1n) is 26.8. The summed E-state index contributed by atoms with van der Waals surface area (Å²) in [6.45, 7) is 4.12. The Kier molecular flexibility index (Phi) is 41.9. The van der Waals surface area contributed by atoms with Gasteiger partial charge in [0.05, 0.1) is 13.2 Å². The summed E-state index contributed by atoms with van der Waals surface area (Å²) in [6, 6.07) is 0. The Balaban J connectivity index is 2.33. The monoisotopic (exact) mass is 981 g/mol. The van der Waals surface area contributed by atoms with E-state index in [-0.39, 0.29) is 13.0 Å². The van der Waals surface area contributed by atoms with Crippen LogP contribution in [0, 0.1) is 0 Å². The van der Waals surface area contributed by atoms with E-state index in [1.807, 2.05) is 0 Å². The van der Waals surface area contributed by atoms with Crippen molar-refractivity contribution < 1.29 is 58.3 Å². The van der Waals surface area contributed by atoms with Gasteiger partial charge >= 0.3 is 13.8 Å². The van der Waals surface area contributed by atoms with Gasteiger partial charge in [-0.25, -0.2) is 4.57 Å². The Hall–Kier alpha value is -2.22. The number of aliphatic hydroxyl groups is 5. The van der Waals surface area contributed by atoms with Gasteiger partial charge in [0.25, 0.3) is 0 Å². The van der Waals surface area contributed by atoms with Gasteiger partial charge in [-0.2, -0.15) is 0 Å². The molecule has 394 valence electrons. The molecule has 12 nitrogen and oxygen atoms in total. The first-order chi connectivity index (χ1) is 33.0. The number of allylic oxidation sites excluding steroid dienone is 12. The molecule has 0 aliphatic heterocycles. The average molecular weight is 981 g/mol. The highest BCUT2D eigenvalue weighted by Gasteiger charge is 2.51. The van der Waals surface area contributed by atoms with Crippen molar-refractivity contribution in [3.05, 3.63) is 72.9 Å². The number of rotatable bonds is 45. The summed E-state index contributed by atoms with van der Waals surface area (Å²) in [6.07, 6.45) is 46.7. The molecule has 6 N–H and O–H groups in total. The van der Waals surface area contributed by atoms with Crippen LogP contribution >= 0.6 is 7.82 Å². The molecule has 0 radical (unpaired) electrons. The summed E-state index contributed by atoms with van der Waals surface area (Å²) in [4.78, 5) is 23.3. The molecule has 0 aromatic carbocycles. The summed E-state index contributed by atoms with van der Waals surface area (Å²) < 4.78 is 34.3. The topological polar surface area (TPSA) is 192 Å². The molecule has 1 aliphatic rings. The fraction of sp³-hybridized carbons (Fsp3) is 0.764. The van der Waals surface area contributed by atoms with Crippen LogP contribution in [0.15, 0.2) is 72.9 Å². The number of hydrogen-bond donors (Lipinski definition) is 6. The fourth-order valence-corrected chi connectivity index (χ4v) is 8.82. The Morgan fingerprint density at radius 3 is 1.32 bits per heavy atom. The van der Waals surface area contributed by atoms with Crippen LogP contribution in [0.2, 0.25) is 0 Å². The molecule has 6 atom stereocenters. The molecule has 0 spiro atoms. The summed E-state index contributed by atoms with van der Waals surface area (Å²) in [5.41, 5.74) is 0. The Morgan fingerprint density at radius 2 is 0.868 bits per heavy atom. The lowest BCUT2D eigenvalue weighted by molar-refractivity contribution is -0.220. The zero-order valence-corrected chi connectivity index (χ0v) is 43.3.